The highest BCUT2D eigenvalue weighted by molar-refractivity contribution is 5.80. The summed E-state index contributed by atoms with van der Waals surface area (Å²) in [6.07, 6.45) is 3.55. The van der Waals surface area contributed by atoms with Crippen molar-refractivity contribution >= 4 is 11.0 Å². The number of nitrogens with zero attached hydrogens (tertiary/aromatic N) is 2. The maximum absolute atomic E-state index is 6.03. The predicted molar refractivity (Wildman–Crippen MR) is 122 cm³/mol. The van der Waals surface area contributed by atoms with Gasteiger partial charge in [0.2, 0.25) is 0 Å². The molecule has 0 aliphatic heterocycles. The maximum Gasteiger partial charge on any atom is 0.161 e. The Labute approximate surface area is 177 Å². The van der Waals surface area contributed by atoms with Gasteiger partial charge in [-0.2, -0.15) is 0 Å². The monoisotopic (exact) mass is 398 g/mol. The first-order chi connectivity index (χ1) is 14.8. The number of rotatable bonds is 9. The summed E-state index contributed by atoms with van der Waals surface area (Å²) in [6.45, 7) is 5.21. The molecule has 4 rings (SSSR count). The number of hydrogen-bond donors (Lipinski definition) is 0. The Morgan fingerprint density at radius 3 is 2.57 bits per heavy atom. The largest absolute Gasteiger partial charge is 0.493 e. The Morgan fingerprint density at radius 2 is 1.77 bits per heavy atom. The number of para-hydroxylation sites is 2. The predicted octanol–water partition coefficient (Wildman–Crippen LogP) is 5.91. The van der Waals surface area contributed by atoms with E-state index in [1.54, 1.807) is 7.11 Å². The average molecular weight is 399 g/mol. The molecule has 4 nitrogen and oxygen atoms in total. The molecule has 4 aromatic rings. The molecule has 0 radical (unpaired) electrons. The Morgan fingerprint density at radius 1 is 0.967 bits per heavy atom. The highest BCUT2D eigenvalue weighted by atomic mass is 16.5. The van der Waals surface area contributed by atoms with Crippen LogP contribution in [-0.2, 0) is 13.0 Å². The molecule has 0 atom stereocenters. The molecule has 152 valence electrons. The first kappa shape index (κ1) is 19.8. The fourth-order valence-electron chi connectivity index (χ4n) is 3.64. The number of benzene rings is 3. The molecule has 3 aromatic carbocycles. The van der Waals surface area contributed by atoms with Crippen LogP contribution < -0.4 is 9.47 Å². The van der Waals surface area contributed by atoms with E-state index in [0.717, 1.165) is 58.9 Å². The molecule has 1 heterocycles. The van der Waals surface area contributed by atoms with E-state index >= 15 is 0 Å². The highest BCUT2D eigenvalue weighted by Gasteiger charge is 2.12. The minimum atomic E-state index is 0.595. The summed E-state index contributed by atoms with van der Waals surface area (Å²) < 4.78 is 13.8. The zero-order valence-electron chi connectivity index (χ0n) is 17.3. The maximum atomic E-state index is 6.03. The van der Waals surface area contributed by atoms with Crippen LogP contribution in [0.1, 0.15) is 12.0 Å². The van der Waals surface area contributed by atoms with Gasteiger partial charge in [-0.15, -0.1) is 6.58 Å². The van der Waals surface area contributed by atoms with E-state index < -0.39 is 0 Å². The third-order valence-electron chi connectivity index (χ3n) is 5.08. The lowest BCUT2D eigenvalue weighted by Gasteiger charge is -2.13. The van der Waals surface area contributed by atoms with Crippen molar-refractivity contribution in [3.63, 3.8) is 0 Å². The minimum Gasteiger partial charge on any atom is -0.493 e. The van der Waals surface area contributed by atoms with E-state index in [1.165, 1.54) is 0 Å². The fraction of sp³-hybridized carbons (Fsp3) is 0.192. The molecule has 0 saturated heterocycles. The molecular weight excluding hydrogens is 372 g/mol. The summed E-state index contributed by atoms with van der Waals surface area (Å²) >= 11 is 0. The molecule has 0 amide bonds. The first-order valence-corrected chi connectivity index (χ1v) is 10.2. The third kappa shape index (κ3) is 4.23. The SMILES string of the molecule is C=CCc1ccc(OCCCn2c(-c3ccccc3)nc3ccccc32)c(OC)c1. The average Bonchev–Trinajstić information content (AvgIpc) is 3.17. The van der Waals surface area contributed by atoms with Crippen LogP contribution >= 0.6 is 0 Å². The topological polar surface area (TPSA) is 36.3 Å². The van der Waals surface area contributed by atoms with Crippen LogP contribution in [0.3, 0.4) is 0 Å². The van der Waals surface area contributed by atoms with Gasteiger partial charge in [-0.1, -0.05) is 54.6 Å². The van der Waals surface area contributed by atoms with Gasteiger partial charge in [0, 0.05) is 12.1 Å². The summed E-state index contributed by atoms with van der Waals surface area (Å²) in [5, 5.41) is 0. The van der Waals surface area contributed by atoms with Crippen LogP contribution in [0.5, 0.6) is 11.5 Å². The number of methoxy groups -OCH3 is 1. The van der Waals surface area contributed by atoms with Gasteiger partial charge in [0.05, 0.1) is 24.8 Å². The van der Waals surface area contributed by atoms with Gasteiger partial charge in [-0.25, -0.2) is 4.98 Å². The van der Waals surface area contributed by atoms with Crippen LogP contribution in [0.4, 0.5) is 0 Å². The van der Waals surface area contributed by atoms with Gasteiger partial charge in [-0.3, -0.25) is 0 Å². The van der Waals surface area contributed by atoms with E-state index in [-0.39, 0.29) is 0 Å². The van der Waals surface area contributed by atoms with E-state index in [1.807, 2.05) is 42.5 Å². The molecule has 1 aromatic heterocycles. The van der Waals surface area contributed by atoms with Crippen LogP contribution in [0.15, 0.2) is 85.5 Å². The second-order valence-corrected chi connectivity index (χ2v) is 7.12. The van der Waals surface area contributed by atoms with Crippen molar-refractivity contribution in [1.82, 2.24) is 9.55 Å². The number of imidazole rings is 1. The van der Waals surface area contributed by atoms with E-state index in [4.69, 9.17) is 14.5 Å². The van der Waals surface area contributed by atoms with Gasteiger partial charge < -0.3 is 14.0 Å². The zero-order chi connectivity index (χ0) is 20.8. The molecule has 0 bridgehead atoms. The van der Waals surface area contributed by atoms with Crippen molar-refractivity contribution in [3.05, 3.63) is 91.0 Å². The number of aryl methyl sites for hydroxylation is 1. The highest BCUT2D eigenvalue weighted by Crippen LogP contribution is 2.29. The van der Waals surface area contributed by atoms with Gasteiger partial charge in [0.1, 0.15) is 5.82 Å². The Kier molecular flexibility index (Phi) is 6.14. The molecule has 0 unspecified atom stereocenters. The second-order valence-electron chi connectivity index (χ2n) is 7.12. The van der Waals surface area contributed by atoms with Crippen LogP contribution in [-0.4, -0.2) is 23.3 Å². The summed E-state index contributed by atoms with van der Waals surface area (Å²) in [7, 11) is 1.67. The lowest BCUT2D eigenvalue weighted by Crippen LogP contribution is -2.06. The van der Waals surface area contributed by atoms with E-state index in [2.05, 4.69) is 47.5 Å². The summed E-state index contributed by atoms with van der Waals surface area (Å²) in [4.78, 5) is 4.87. The molecule has 0 aliphatic rings. The fourth-order valence-corrected chi connectivity index (χ4v) is 3.64. The smallest absolute Gasteiger partial charge is 0.161 e. The van der Waals surface area contributed by atoms with Crippen molar-refractivity contribution in [1.29, 1.82) is 0 Å². The van der Waals surface area contributed by atoms with Gasteiger partial charge in [0.25, 0.3) is 0 Å². The number of ether oxygens (including phenoxy) is 2. The molecule has 0 N–H and O–H groups in total. The minimum absolute atomic E-state index is 0.595. The zero-order valence-corrected chi connectivity index (χ0v) is 17.3. The Bertz CT molecular complexity index is 1130. The van der Waals surface area contributed by atoms with Gasteiger partial charge in [0.15, 0.2) is 11.5 Å². The van der Waals surface area contributed by atoms with Crippen molar-refractivity contribution in [2.24, 2.45) is 0 Å². The van der Waals surface area contributed by atoms with Gasteiger partial charge >= 0.3 is 0 Å². The lowest BCUT2D eigenvalue weighted by molar-refractivity contribution is 0.283. The summed E-state index contributed by atoms with van der Waals surface area (Å²) in [5.41, 5.74) is 4.43. The first-order valence-electron chi connectivity index (χ1n) is 10.2. The van der Waals surface area contributed by atoms with Crippen molar-refractivity contribution < 1.29 is 9.47 Å². The van der Waals surface area contributed by atoms with Crippen molar-refractivity contribution in [2.75, 3.05) is 13.7 Å². The molecule has 0 aliphatic carbocycles. The summed E-state index contributed by atoms with van der Waals surface area (Å²) in [6, 6.07) is 24.6. The normalized spacial score (nSPS) is 10.8. The summed E-state index contributed by atoms with van der Waals surface area (Å²) in [5.74, 6) is 2.51. The van der Waals surface area contributed by atoms with Gasteiger partial charge in [-0.05, 0) is 42.7 Å². The Balaban J connectivity index is 1.49. The molecule has 4 heteroatoms. The van der Waals surface area contributed by atoms with E-state index in [0.29, 0.717) is 6.61 Å². The van der Waals surface area contributed by atoms with Crippen molar-refractivity contribution in [2.45, 2.75) is 19.4 Å². The quantitative estimate of drug-likeness (QED) is 0.260. The van der Waals surface area contributed by atoms with Crippen molar-refractivity contribution in [3.8, 4) is 22.9 Å². The standard InChI is InChI=1S/C26H26N2O2/c1-3-10-20-15-16-24(25(19-20)29-2)30-18-9-17-28-23-14-8-7-13-22(23)27-26(28)21-11-5-4-6-12-21/h3-8,11-16,19H,1,9-10,17-18H2,2H3. The second kappa shape index (κ2) is 9.31. The number of hydrogen-bond acceptors (Lipinski definition) is 3. The molecular formula is C26H26N2O2. The van der Waals surface area contributed by atoms with Crippen LogP contribution in [0.2, 0.25) is 0 Å². The number of allylic oxidation sites excluding steroid dienone is 1. The molecule has 30 heavy (non-hydrogen) atoms. The van der Waals surface area contributed by atoms with Crippen LogP contribution in [0, 0.1) is 0 Å². The Hall–Kier alpha value is -3.53. The number of fused-ring (bicyclic) bond motifs is 1. The molecule has 0 saturated carbocycles. The molecule has 0 fully saturated rings. The third-order valence-corrected chi connectivity index (χ3v) is 5.08. The molecule has 0 spiro atoms. The van der Waals surface area contributed by atoms with E-state index in [9.17, 15) is 0 Å². The number of aromatic nitrogens is 2. The lowest BCUT2D eigenvalue weighted by atomic mass is 10.1. The van der Waals surface area contributed by atoms with Crippen LogP contribution in [0.25, 0.3) is 22.4 Å².